The number of amides is 1. The van der Waals surface area contributed by atoms with Crippen molar-refractivity contribution in [2.75, 3.05) is 25.5 Å². The lowest BCUT2D eigenvalue weighted by Gasteiger charge is -2.38. The van der Waals surface area contributed by atoms with Crippen molar-refractivity contribution in [2.45, 2.75) is 105 Å². The molecule has 0 saturated carbocycles. The largest absolute Gasteiger partial charge is 0.507 e. The van der Waals surface area contributed by atoms with E-state index in [0.29, 0.717) is 0 Å². The van der Waals surface area contributed by atoms with Crippen molar-refractivity contribution in [2.24, 2.45) is 28.8 Å². The van der Waals surface area contributed by atoms with Crippen molar-refractivity contribution < 1.29 is 53.8 Å². The van der Waals surface area contributed by atoms with E-state index in [0.717, 1.165) is 32.4 Å². The number of hydrazone groups is 1. The molecule has 4 heterocycles. The predicted molar refractivity (Wildman–Crippen MR) is 215 cm³/mol. The summed E-state index contributed by atoms with van der Waals surface area (Å²) in [6.45, 7) is 14.3. The normalized spacial score (nSPS) is 32.4. The summed E-state index contributed by atoms with van der Waals surface area (Å²) in [6.07, 6.45) is 8.49. The number of esters is 1. The van der Waals surface area contributed by atoms with Gasteiger partial charge >= 0.3 is 11.8 Å². The van der Waals surface area contributed by atoms with E-state index in [1.165, 1.54) is 33.4 Å². The van der Waals surface area contributed by atoms with E-state index in [-0.39, 0.29) is 50.2 Å². The van der Waals surface area contributed by atoms with Crippen molar-refractivity contribution >= 4 is 40.3 Å². The number of carbonyl (C=O) groups excluding carboxylic acids is 3. The first kappa shape index (κ1) is 43.2. The number of piperidine rings is 1. The van der Waals surface area contributed by atoms with Gasteiger partial charge < -0.3 is 44.7 Å². The van der Waals surface area contributed by atoms with Gasteiger partial charge in [0.05, 0.1) is 47.4 Å². The minimum Gasteiger partial charge on any atom is -0.507 e. The first-order valence-corrected chi connectivity index (χ1v) is 19.6. The van der Waals surface area contributed by atoms with Gasteiger partial charge in [0.1, 0.15) is 17.6 Å². The number of carbonyl (C=O) groups is 3. The molecule has 1 saturated heterocycles. The molecule has 0 aromatic heterocycles. The molecule has 4 aliphatic rings. The number of nitrogens with zero attached hydrogens (tertiary/aromatic N) is 2. The zero-order valence-corrected chi connectivity index (χ0v) is 34.2. The van der Waals surface area contributed by atoms with E-state index in [4.69, 9.17) is 18.9 Å². The maximum Gasteiger partial charge on any atom is 0.312 e. The number of aliphatic hydroxyl groups is 2. The van der Waals surface area contributed by atoms with Crippen LogP contribution in [0.4, 0.5) is 5.69 Å². The van der Waals surface area contributed by atoms with Crippen molar-refractivity contribution in [1.82, 2.24) is 5.01 Å². The van der Waals surface area contributed by atoms with Gasteiger partial charge in [-0.3, -0.25) is 19.4 Å². The number of nitrogens with one attached hydrogen (secondary N) is 1. The molecule has 0 radical (unpaired) electrons. The lowest BCUT2D eigenvalue weighted by atomic mass is 9.78. The lowest BCUT2D eigenvalue weighted by Crippen LogP contribution is -2.46. The molecule has 57 heavy (non-hydrogen) atoms. The highest BCUT2D eigenvalue weighted by molar-refractivity contribution is 6.21. The van der Waals surface area contributed by atoms with Crippen LogP contribution >= 0.6 is 0 Å². The Morgan fingerprint density at radius 2 is 1.68 bits per heavy atom. The number of allylic oxidation sites excluding steroid dienone is 2. The summed E-state index contributed by atoms with van der Waals surface area (Å²) in [7, 11) is 1.46. The molecule has 0 aliphatic carbocycles. The van der Waals surface area contributed by atoms with Crippen LogP contribution in [-0.4, -0.2) is 99.7 Å². The lowest BCUT2D eigenvalue weighted by molar-refractivity contribution is -0.160. The maximum atomic E-state index is 14.4. The van der Waals surface area contributed by atoms with E-state index >= 15 is 0 Å². The molecule has 9 unspecified atom stereocenters. The molecule has 4 aliphatic heterocycles. The fourth-order valence-corrected chi connectivity index (χ4v) is 7.92. The Kier molecular flexibility index (Phi) is 13.4. The molecule has 310 valence electrons. The highest BCUT2D eigenvalue weighted by atomic mass is 16.7. The molecule has 2 aromatic rings. The van der Waals surface area contributed by atoms with Crippen LogP contribution in [0.25, 0.3) is 10.8 Å². The van der Waals surface area contributed by atoms with Gasteiger partial charge in [0.25, 0.3) is 11.7 Å². The Morgan fingerprint density at radius 1 is 1.00 bits per heavy atom. The number of rotatable bonds is 4. The number of phenols is 2. The maximum absolute atomic E-state index is 14.4. The zero-order chi connectivity index (χ0) is 41.9. The second kappa shape index (κ2) is 17.7. The van der Waals surface area contributed by atoms with Crippen molar-refractivity contribution in [1.29, 1.82) is 0 Å². The number of ketones is 1. The molecule has 2 aromatic carbocycles. The summed E-state index contributed by atoms with van der Waals surface area (Å²) in [4.78, 5) is 40.4. The summed E-state index contributed by atoms with van der Waals surface area (Å²) in [6, 6.07) is 1.58. The average molecular weight is 792 g/mol. The summed E-state index contributed by atoms with van der Waals surface area (Å²) in [5.41, 5.74) is 0.749. The van der Waals surface area contributed by atoms with E-state index in [2.05, 4.69) is 10.4 Å². The monoisotopic (exact) mass is 791 g/mol. The number of methoxy groups -OCH3 is 1. The minimum absolute atomic E-state index is 0.0186. The summed E-state index contributed by atoms with van der Waals surface area (Å²) in [5.74, 6) is -6.74. The van der Waals surface area contributed by atoms with Crippen LogP contribution in [0.2, 0.25) is 0 Å². The molecule has 5 bridgehead atoms. The van der Waals surface area contributed by atoms with Crippen LogP contribution in [0.3, 0.4) is 0 Å². The number of phenolic OH excluding ortho intramolecular Hbond substituents is 2. The van der Waals surface area contributed by atoms with Crippen LogP contribution in [0, 0.1) is 30.6 Å². The molecule has 14 nitrogen and oxygen atoms in total. The zero-order valence-electron chi connectivity index (χ0n) is 34.2. The van der Waals surface area contributed by atoms with E-state index in [1.54, 1.807) is 71.9 Å². The second-order valence-electron chi connectivity index (χ2n) is 15.8. The highest BCUT2D eigenvalue weighted by Gasteiger charge is 2.49. The third-order valence-corrected chi connectivity index (χ3v) is 11.6. The Hall–Kier alpha value is -4.92. The highest BCUT2D eigenvalue weighted by Crippen LogP contribution is 2.51. The topological polar surface area (TPSA) is 197 Å². The van der Waals surface area contributed by atoms with Crippen molar-refractivity contribution in [3.05, 3.63) is 58.9 Å². The van der Waals surface area contributed by atoms with Gasteiger partial charge in [0.2, 0.25) is 0 Å². The first-order chi connectivity index (χ1) is 26.9. The summed E-state index contributed by atoms with van der Waals surface area (Å²) in [5, 5.41) is 55.7. The number of anilines is 1. The van der Waals surface area contributed by atoms with Crippen molar-refractivity contribution in [3.63, 3.8) is 0 Å². The molecule has 14 heteroatoms. The number of benzene rings is 2. The molecular formula is C43H57N3O11. The standard InChI is InChI=1S/C43H57N3O11/c1-22-14-13-15-23(2)42(53)45-34-29(21-44-46-17-11-10-12-18-46)20-30-32(38(34)51)37(50)27(6)40-33(30)41(52)43(8,57-40)55-19-16-31(54-9)24(3)39(56-28(7)47)26(5)36(49)25(4)35(22)48/h13-16,19-22,24-26,31,35-36,39,48-51H,10-12,17-18H2,1-9H3,(H,45,53)/b14-13+,19-16+,23-15-,44-21+. The third-order valence-electron chi connectivity index (χ3n) is 11.6. The smallest absolute Gasteiger partial charge is 0.312 e. The number of hydrogen-bond acceptors (Lipinski definition) is 13. The minimum atomic E-state index is -1.92. The van der Waals surface area contributed by atoms with E-state index < -0.39 is 77.3 Å². The van der Waals surface area contributed by atoms with Gasteiger partial charge in [-0.2, -0.15) is 5.10 Å². The Bertz CT molecular complexity index is 1980. The van der Waals surface area contributed by atoms with Gasteiger partial charge in [-0.1, -0.05) is 45.9 Å². The number of hydrogen-bond donors (Lipinski definition) is 5. The van der Waals surface area contributed by atoms with E-state index in [9.17, 15) is 34.8 Å². The van der Waals surface area contributed by atoms with Gasteiger partial charge in [-0.25, -0.2) is 0 Å². The van der Waals surface area contributed by atoms with Gasteiger partial charge in [-0.05, 0) is 45.3 Å². The molecule has 1 fully saturated rings. The second-order valence-corrected chi connectivity index (χ2v) is 15.8. The average Bonchev–Trinajstić information content (AvgIpc) is 3.45. The number of aliphatic hydroxyl groups excluding tert-OH is 2. The van der Waals surface area contributed by atoms with Gasteiger partial charge in [0, 0.05) is 79.8 Å². The molecule has 1 amide bonds. The van der Waals surface area contributed by atoms with Gasteiger partial charge in [0.15, 0.2) is 5.75 Å². The van der Waals surface area contributed by atoms with Crippen LogP contribution in [0.1, 0.15) is 89.2 Å². The molecule has 6 rings (SSSR count). The fraction of sp³-hybridized carbons (Fsp3) is 0.535. The molecule has 9 atom stereocenters. The van der Waals surface area contributed by atoms with Crippen LogP contribution in [-0.2, 0) is 23.8 Å². The van der Waals surface area contributed by atoms with Crippen LogP contribution in [0.5, 0.6) is 17.2 Å². The number of ether oxygens (including phenoxy) is 4. The van der Waals surface area contributed by atoms with Crippen LogP contribution in [0.15, 0.2) is 47.3 Å². The Labute approximate surface area is 333 Å². The Morgan fingerprint density at radius 3 is 2.33 bits per heavy atom. The van der Waals surface area contributed by atoms with Gasteiger partial charge in [-0.15, -0.1) is 0 Å². The fourth-order valence-electron chi connectivity index (χ4n) is 7.92. The SMILES string of the molecule is COC1/C=C/OC2(C)Oc3c(C)c(O)c4c(O)c(c(/C=N/N5CCCCC5)cc4c3C2=O)NC(=O)/C(C)=C\C=C\C(C)C(O)C(C)C(O)C(C)C(OC(C)=O)C1C. The quantitative estimate of drug-likeness (QED) is 0.141. The molecule has 5 N–H and O–H groups in total. The third kappa shape index (κ3) is 8.82. The number of fused-ring (bicyclic) bond motifs is 14. The predicted octanol–water partition coefficient (Wildman–Crippen LogP) is 5.87. The molecular weight excluding hydrogens is 734 g/mol. The number of aromatic hydroxyl groups is 2. The van der Waals surface area contributed by atoms with E-state index in [1.807, 2.05) is 5.01 Å². The molecule has 0 spiro atoms. The summed E-state index contributed by atoms with van der Waals surface area (Å²) < 4.78 is 23.7. The Balaban J connectivity index is 1.67. The summed E-state index contributed by atoms with van der Waals surface area (Å²) >= 11 is 0. The van der Waals surface area contributed by atoms with Crippen molar-refractivity contribution in [3.8, 4) is 17.2 Å². The first-order valence-electron chi connectivity index (χ1n) is 19.6. The van der Waals surface area contributed by atoms with Crippen LogP contribution < -0.4 is 10.1 Å². The number of Topliss-reactive ketones (excluding diaryl/α,β-unsaturated/α-hetero) is 1.